The van der Waals surface area contributed by atoms with Crippen LogP contribution in [0.2, 0.25) is 5.02 Å². The summed E-state index contributed by atoms with van der Waals surface area (Å²) in [5, 5.41) is 21.4. The highest BCUT2D eigenvalue weighted by atomic mass is 35.5. The van der Waals surface area contributed by atoms with E-state index in [1.807, 2.05) is 42.5 Å². The van der Waals surface area contributed by atoms with Gasteiger partial charge in [0.25, 0.3) is 0 Å². The van der Waals surface area contributed by atoms with Crippen molar-refractivity contribution in [2.75, 3.05) is 0 Å². The fraction of sp³-hybridized carbons (Fsp3) is 0.250. The number of aliphatic hydroxyl groups excluding tert-OH is 1. The minimum Gasteiger partial charge on any atom is -0.389 e. The van der Waals surface area contributed by atoms with Crippen LogP contribution in [0.5, 0.6) is 0 Å². The molecule has 0 saturated heterocycles. The summed E-state index contributed by atoms with van der Waals surface area (Å²) in [4.78, 5) is 0. The summed E-state index contributed by atoms with van der Waals surface area (Å²) in [6, 6.07) is 16.5. The van der Waals surface area contributed by atoms with E-state index in [1.54, 1.807) is 19.1 Å². The van der Waals surface area contributed by atoms with Gasteiger partial charge in [0, 0.05) is 11.4 Å². The van der Waals surface area contributed by atoms with Crippen LogP contribution >= 0.6 is 11.6 Å². The molecule has 19 heavy (non-hydrogen) atoms. The highest BCUT2D eigenvalue weighted by molar-refractivity contribution is 6.30. The predicted octanol–water partition coefficient (Wildman–Crippen LogP) is 3.15. The lowest BCUT2D eigenvalue weighted by molar-refractivity contribution is -0.0660. The lowest BCUT2D eigenvalue weighted by Gasteiger charge is -2.29. The first kappa shape index (κ1) is 14.1. The predicted molar refractivity (Wildman–Crippen MR) is 77.2 cm³/mol. The zero-order chi connectivity index (χ0) is 13.9. The molecule has 0 aliphatic heterocycles. The molecule has 2 N–H and O–H groups in total. The van der Waals surface area contributed by atoms with Crippen LogP contribution in [0.3, 0.4) is 0 Å². The lowest BCUT2D eigenvalue weighted by Crippen LogP contribution is -2.38. The molecule has 0 unspecified atom stereocenters. The minimum atomic E-state index is -1.28. The van der Waals surface area contributed by atoms with Gasteiger partial charge in [0.2, 0.25) is 0 Å². The maximum atomic E-state index is 10.5. The highest BCUT2D eigenvalue weighted by Gasteiger charge is 2.32. The summed E-state index contributed by atoms with van der Waals surface area (Å²) in [7, 11) is 0. The fourth-order valence-electron chi connectivity index (χ4n) is 2.01. The van der Waals surface area contributed by atoms with Crippen LogP contribution in [0.25, 0.3) is 0 Å². The molecular formula is C16H17ClO2. The van der Waals surface area contributed by atoms with E-state index in [-0.39, 0.29) is 0 Å². The summed E-state index contributed by atoms with van der Waals surface area (Å²) in [6.45, 7) is 1.63. The molecule has 2 aromatic carbocycles. The van der Waals surface area contributed by atoms with Crippen molar-refractivity contribution in [3.05, 3.63) is 70.7 Å². The lowest BCUT2D eigenvalue weighted by atomic mass is 9.87. The Morgan fingerprint density at radius 1 is 1.05 bits per heavy atom. The molecule has 0 radical (unpaired) electrons. The Labute approximate surface area is 118 Å². The van der Waals surface area contributed by atoms with Crippen molar-refractivity contribution in [3.8, 4) is 0 Å². The number of aliphatic hydroxyl groups is 2. The van der Waals surface area contributed by atoms with Gasteiger partial charge in [-0.1, -0.05) is 54.1 Å². The fourth-order valence-corrected chi connectivity index (χ4v) is 2.14. The van der Waals surface area contributed by atoms with Crippen LogP contribution < -0.4 is 0 Å². The Balaban J connectivity index is 2.15. The summed E-state index contributed by atoms with van der Waals surface area (Å²) >= 11 is 5.82. The Bertz CT molecular complexity index is 520. The molecule has 0 spiro atoms. The first-order valence-electron chi connectivity index (χ1n) is 6.20. The smallest absolute Gasteiger partial charge is 0.113 e. The second-order valence-electron chi connectivity index (χ2n) is 4.86. The van der Waals surface area contributed by atoms with Crippen molar-refractivity contribution in [2.24, 2.45) is 0 Å². The van der Waals surface area contributed by atoms with Crippen LogP contribution in [0.4, 0.5) is 0 Å². The molecule has 0 bridgehead atoms. The molecule has 0 amide bonds. The van der Waals surface area contributed by atoms with Crippen molar-refractivity contribution >= 4 is 11.6 Å². The van der Waals surface area contributed by atoms with E-state index < -0.39 is 11.7 Å². The van der Waals surface area contributed by atoms with Gasteiger partial charge in [0.1, 0.15) is 5.60 Å². The Hall–Kier alpha value is -1.35. The third-order valence-corrected chi connectivity index (χ3v) is 3.60. The molecule has 2 atom stereocenters. The van der Waals surface area contributed by atoms with Gasteiger partial charge < -0.3 is 10.2 Å². The largest absolute Gasteiger partial charge is 0.389 e. The maximum absolute atomic E-state index is 10.5. The summed E-state index contributed by atoms with van der Waals surface area (Å²) in [5.74, 6) is 0. The summed E-state index contributed by atoms with van der Waals surface area (Å²) < 4.78 is 0. The average molecular weight is 277 g/mol. The normalized spacial score (nSPS) is 15.8. The summed E-state index contributed by atoms with van der Waals surface area (Å²) in [5.41, 5.74) is 0.366. The molecule has 0 aliphatic rings. The van der Waals surface area contributed by atoms with Crippen molar-refractivity contribution in [2.45, 2.75) is 25.0 Å². The first-order valence-corrected chi connectivity index (χ1v) is 6.58. The SMILES string of the molecule is C[C@@](O)(c1ccccc1)[C@H](O)Cc1ccc(Cl)cc1. The van der Waals surface area contributed by atoms with Crippen LogP contribution in [0.1, 0.15) is 18.1 Å². The Kier molecular flexibility index (Phi) is 4.25. The molecule has 3 heteroatoms. The van der Waals surface area contributed by atoms with Crippen LogP contribution in [-0.2, 0) is 12.0 Å². The van der Waals surface area contributed by atoms with Crippen molar-refractivity contribution in [3.63, 3.8) is 0 Å². The van der Waals surface area contributed by atoms with E-state index >= 15 is 0 Å². The van der Waals surface area contributed by atoms with Gasteiger partial charge >= 0.3 is 0 Å². The van der Waals surface area contributed by atoms with Gasteiger partial charge in [-0.05, 0) is 30.2 Å². The first-order chi connectivity index (χ1) is 9.00. The topological polar surface area (TPSA) is 40.5 Å². The van der Waals surface area contributed by atoms with E-state index in [9.17, 15) is 10.2 Å². The van der Waals surface area contributed by atoms with E-state index in [4.69, 9.17) is 11.6 Å². The number of benzene rings is 2. The van der Waals surface area contributed by atoms with Crippen LogP contribution in [0, 0.1) is 0 Å². The van der Waals surface area contributed by atoms with E-state index in [2.05, 4.69) is 0 Å². The molecule has 0 aromatic heterocycles. The van der Waals surface area contributed by atoms with Crippen molar-refractivity contribution in [1.29, 1.82) is 0 Å². The van der Waals surface area contributed by atoms with Gasteiger partial charge in [-0.2, -0.15) is 0 Å². The number of hydrogen-bond acceptors (Lipinski definition) is 2. The maximum Gasteiger partial charge on any atom is 0.113 e. The molecule has 2 nitrogen and oxygen atoms in total. The highest BCUT2D eigenvalue weighted by Crippen LogP contribution is 2.26. The van der Waals surface area contributed by atoms with Gasteiger partial charge in [0.15, 0.2) is 0 Å². The molecule has 0 heterocycles. The van der Waals surface area contributed by atoms with Crippen LogP contribution in [-0.4, -0.2) is 16.3 Å². The van der Waals surface area contributed by atoms with E-state index in [0.29, 0.717) is 17.0 Å². The quantitative estimate of drug-likeness (QED) is 0.901. The molecule has 2 aromatic rings. The van der Waals surface area contributed by atoms with Crippen molar-refractivity contribution in [1.82, 2.24) is 0 Å². The summed E-state index contributed by atoms with van der Waals surface area (Å²) in [6.07, 6.45) is -0.505. The second kappa shape index (κ2) is 5.74. The van der Waals surface area contributed by atoms with Gasteiger partial charge in [0.05, 0.1) is 6.10 Å². The number of hydrogen-bond donors (Lipinski definition) is 2. The molecule has 2 rings (SSSR count). The second-order valence-corrected chi connectivity index (χ2v) is 5.30. The van der Waals surface area contributed by atoms with E-state index in [1.165, 1.54) is 0 Å². The number of halogens is 1. The molecule has 100 valence electrons. The molecule has 0 fully saturated rings. The molecular weight excluding hydrogens is 260 g/mol. The Morgan fingerprint density at radius 3 is 2.21 bits per heavy atom. The molecule has 0 saturated carbocycles. The molecule has 0 aliphatic carbocycles. The van der Waals surface area contributed by atoms with Crippen LogP contribution in [0.15, 0.2) is 54.6 Å². The number of rotatable bonds is 4. The zero-order valence-corrected chi connectivity index (χ0v) is 11.5. The van der Waals surface area contributed by atoms with Gasteiger partial charge in [-0.25, -0.2) is 0 Å². The van der Waals surface area contributed by atoms with E-state index in [0.717, 1.165) is 5.56 Å². The average Bonchev–Trinajstić information content (AvgIpc) is 2.42. The zero-order valence-electron chi connectivity index (χ0n) is 10.8. The third kappa shape index (κ3) is 3.35. The monoisotopic (exact) mass is 276 g/mol. The van der Waals surface area contributed by atoms with Gasteiger partial charge in [-0.15, -0.1) is 0 Å². The standard InChI is InChI=1S/C16H17ClO2/c1-16(19,13-5-3-2-4-6-13)15(18)11-12-7-9-14(17)10-8-12/h2-10,15,18-19H,11H2,1H3/t15-,16-/m1/s1. The third-order valence-electron chi connectivity index (χ3n) is 3.35. The van der Waals surface area contributed by atoms with Gasteiger partial charge in [-0.3, -0.25) is 0 Å². The Morgan fingerprint density at radius 2 is 1.63 bits per heavy atom. The minimum absolute atomic E-state index is 0.374. The van der Waals surface area contributed by atoms with Crippen molar-refractivity contribution < 1.29 is 10.2 Å².